The number of hydrogen-bond acceptors (Lipinski definition) is 4. The number of hydrogen-bond donors (Lipinski definition) is 0. The van der Waals surface area contributed by atoms with Gasteiger partial charge in [0, 0.05) is 30.2 Å². The molecule has 2 aromatic carbocycles. The Kier molecular flexibility index (Phi) is 5.12. The van der Waals surface area contributed by atoms with E-state index in [1.54, 1.807) is 7.11 Å². The maximum atomic E-state index is 13.2. The predicted octanol–water partition coefficient (Wildman–Crippen LogP) is 4.73. The first-order valence-electron chi connectivity index (χ1n) is 9.14. The molecule has 0 N–H and O–H groups in total. The molecular weight excluding hydrogens is 370 g/mol. The van der Waals surface area contributed by atoms with Crippen molar-refractivity contribution < 1.29 is 9.53 Å². The average Bonchev–Trinajstić information content (AvgIpc) is 3.33. The summed E-state index contributed by atoms with van der Waals surface area (Å²) in [6.07, 6.45) is 1.93. The summed E-state index contributed by atoms with van der Waals surface area (Å²) in [6.45, 7) is 3.24. The molecule has 2 heterocycles. The number of benzene rings is 2. The summed E-state index contributed by atoms with van der Waals surface area (Å²) in [6, 6.07) is 17.8. The number of thiazole rings is 1. The number of amides is 1. The lowest BCUT2D eigenvalue weighted by molar-refractivity contribution is 0.0746. The molecule has 0 bridgehead atoms. The van der Waals surface area contributed by atoms with E-state index in [0.717, 1.165) is 27.5 Å². The predicted molar refractivity (Wildman–Crippen MR) is 112 cm³/mol. The van der Waals surface area contributed by atoms with Gasteiger partial charge in [0.05, 0.1) is 12.8 Å². The van der Waals surface area contributed by atoms with E-state index in [0.29, 0.717) is 18.8 Å². The smallest absolute Gasteiger partial charge is 0.272 e. The Morgan fingerprint density at radius 2 is 1.89 bits per heavy atom. The van der Waals surface area contributed by atoms with Gasteiger partial charge in [-0.05, 0) is 36.8 Å². The van der Waals surface area contributed by atoms with E-state index in [4.69, 9.17) is 4.74 Å². The highest BCUT2D eigenvalue weighted by Crippen LogP contribution is 2.26. The first-order valence-corrected chi connectivity index (χ1v) is 10.0. The summed E-state index contributed by atoms with van der Waals surface area (Å²) in [5, 5.41) is 1.89. The van der Waals surface area contributed by atoms with Gasteiger partial charge in [-0.3, -0.25) is 9.20 Å². The number of nitrogens with zero attached hydrogens (tertiary/aromatic N) is 3. The SMILES string of the molecule is CCN(Cc1ccccc1)C(=O)c1csc2nc(-c3ccc(OC)cc3)cn12. The number of methoxy groups -OCH3 is 1. The van der Waals surface area contributed by atoms with Crippen molar-refractivity contribution in [1.82, 2.24) is 14.3 Å². The maximum absolute atomic E-state index is 13.2. The normalized spacial score (nSPS) is 10.9. The number of fused-ring (bicyclic) bond motifs is 1. The Labute approximate surface area is 167 Å². The van der Waals surface area contributed by atoms with E-state index in [-0.39, 0.29) is 5.91 Å². The average molecular weight is 391 g/mol. The van der Waals surface area contributed by atoms with Crippen LogP contribution in [-0.2, 0) is 6.54 Å². The van der Waals surface area contributed by atoms with Gasteiger partial charge in [0.15, 0.2) is 4.96 Å². The molecular formula is C22H21N3O2S. The Hall–Kier alpha value is -3.12. The molecule has 0 radical (unpaired) electrons. The lowest BCUT2D eigenvalue weighted by Crippen LogP contribution is -2.31. The number of carbonyl (C=O) groups excluding carboxylic acids is 1. The van der Waals surface area contributed by atoms with E-state index in [1.165, 1.54) is 11.3 Å². The number of carbonyl (C=O) groups is 1. The van der Waals surface area contributed by atoms with Crippen molar-refractivity contribution in [3.63, 3.8) is 0 Å². The second-order valence-electron chi connectivity index (χ2n) is 6.43. The molecule has 6 heteroatoms. The highest BCUT2D eigenvalue weighted by atomic mass is 32.1. The van der Waals surface area contributed by atoms with E-state index < -0.39 is 0 Å². The molecule has 0 atom stereocenters. The fourth-order valence-corrected chi connectivity index (χ4v) is 3.98. The van der Waals surface area contributed by atoms with Crippen LogP contribution >= 0.6 is 11.3 Å². The molecule has 0 aliphatic rings. The summed E-state index contributed by atoms with van der Waals surface area (Å²) in [4.78, 5) is 20.5. The van der Waals surface area contributed by atoms with Crippen molar-refractivity contribution in [2.75, 3.05) is 13.7 Å². The van der Waals surface area contributed by atoms with Crippen molar-refractivity contribution in [1.29, 1.82) is 0 Å². The van der Waals surface area contributed by atoms with Crippen molar-refractivity contribution in [3.8, 4) is 17.0 Å². The van der Waals surface area contributed by atoms with Gasteiger partial charge in [-0.2, -0.15) is 0 Å². The zero-order valence-electron chi connectivity index (χ0n) is 15.8. The molecule has 142 valence electrons. The quantitative estimate of drug-likeness (QED) is 0.477. The summed E-state index contributed by atoms with van der Waals surface area (Å²) in [7, 11) is 1.65. The van der Waals surface area contributed by atoms with Crippen LogP contribution in [0.2, 0.25) is 0 Å². The molecule has 28 heavy (non-hydrogen) atoms. The second-order valence-corrected chi connectivity index (χ2v) is 7.27. The maximum Gasteiger partial charge on any atom is 0.272 e. The minimum absolute atomic E-state index is 0.0104. The van der Waals surface area contributed by atoms with E-state index in [1.807, 2.05) is 82.4 Å². The van der Waals surface area contributed by atoms with Gasteiger partial charge >= 0.3 is 0 Å². The Bertz CT molecular complexity index is 1080. The number of imidazole rings is 1. The zero-order chi connectivity index (χ0) is 19.5. The molecule has 4 rings (SSSR count). The van der Waals surface area contributed by atoms with Crippen LogP contribution in [0.3, 0.4) is 0 Å². The van der Waals surface area contributed by atoms with Crippen LogP contribution in [0.25, 0.3) is 16.2 Å². The third kappa shape index (κ3) is 3.51. The monoisotopic (exact) mass is 391 g/mol. The highest BCUT2D eigenvalue weighted by molar-refractivity contribution is 7.15. The Morgan fingerprint density at radius 1 is 1.14 bits per heavy atom. The number of rotatable bonds is 6. The summed E-state index contributed by atoms with van der Waals surface area (Å²) in [5.41, 5.74) is 3.60. The van der Waals surface area contributed by atoms with Gasteiger partial charge in [0.2, 0.25) is 0 Å². The fourth-order valence-electron chi connectivity index (χ4n) is 3.13. The molecule has 0 aliphatic carbocycles. The molecule has 0 fully saturated rings. The number of aromatic nitrogens is 2. The van der Waals surface area contributed by atoms with Crippen LogP contribution in [-0.4, -0.2) is 33.8 Å². The molecule has 4 aromatic rings. The molecule has 0 saturated carbocycles. The van der Waals surface area contributed by atoms with Gasteiger partial charge in [-0.1, -0.05) is 30.3 Å². The van der Waals surface area contributed by atoms with Crippen LogP contribution in [0.4, 0.5) is 0 Å². The van der Waals surface area contributed by atoms with Crippen molar-refractivity contribution in [3.05, 3.63) is 77.4 Å². The van der Waals surface area contributed by atoms with E-state index in [9.17, 15) is 4.79 Å². The summed E-state index contributed by atoms with van der Waals surface area (Å²) < 4.78 is 7.10. The first kappa shape index (κ1) is 18.3. The van der Waals surface area contributed by atoms with Gasteiger partial charge in [-0.25, -0.2) is 4.98 Å². The number of ether oxygens (including phenoxy) is 1. The fraction of sp³-hybridized carbons (Fsp3) is 0.182. The zero-order valence-corrected chi connectivity index (χ0v) is 16.6. The molecule has 0 unspecified atom stereocenters. The van der Waals surface area contributed by atoms with Crippen molar-refractivity contribution >= 4 is 22.2 Å². The third-order valence-corrected chi connectivity index (χ3v) is 5.54. The Balaban J connectivity index is 1.62. The molecule has 1 amide bonds. The van der Waals surface area contributed by atoms with Crippen LogP contribution < -0.4 is 4.74 Å². The Morgan fingerprint density at radius 3 is 2.57 bits per heavy atom. The van der Waals surface area contributed by atoms with Gasteiger partial charge in [0.25, 0.3) is 5.91 Å². The first-order chi connectivity index (χ1) is 13.7. The highest BCUT2D eigenvalue weighted by Gasteiger charge is 2.20. The van der Waals surface area contributed by atoms with Gasteiger partial charge < -0.3 is 9.64 Å². The lowest BCUT2D eigenvalue weighted by Gasteiger charge is -2.20. The summed E-state index contributed by atoms with van der Waals surface area (Å²) in [5.74, 6) is 0.816. The molecule has 0 aliphatic heterocycles. The van der Waals surface area contributed by atoms with E-state index in [2.05, 4.69) is 4.98 Å². The van der Waals surface area contributed by atoms with E-state index >= 15 is 0 Å². The van der Waals surface area contributed by atoms with Gasteiger partial charge in [-0.15, -0.1) is 11.3 Å². The largest absolute Gasteiger partial charge is 0.497 e. The van der Waals surface area contributed by atoms with Crippen molar-refractivity contribution in [2.45, 2.75) is 13.5 Å². The topological polar surface area (TPSA) is 46.8 Å². The second kappa shape index (κ2) is 7.86. The molecule has 2 aromatic heterocycles. The standard InChI is InChI=1S/C22H21N3O2S/c1-3-24(13-16-7-5-4-6-8-16)21(26)20-15-28-22-23-19(14-25(20)22)17-9-11-18(27-2)12-10-17/h4-12,14-15H,3,13H2,1-2H3. The summed E-state index contributed by atoms with van der Waals surface area (Å²) >= 11 is 1.48. The molecule has 0 saturated heterocycles. The molecule has 0 spiro atoms. The minimum atomic E-state index is 0.0104. The van der Waals surface area contributed by atoms with Crippen LogP contribution in [0.1, 0.15) is 23.0 Å². The minimum Gasteiger partial charge on any atom is -0.497 e. The van der Waals surface area contributed by atoms with Crippen LogP contribution in [0, 0.1) is 0 Å². The molecule has 5 nitrogen and oxygen atoms in total. The van der Waals surface area contributed by atoms with Crippen LogP contribution in [0.15, 0.2) is 66.2 Å². The van der Waals surface area contributed by atoms with Crippen LogP contribution in [0.5, 0.6) is 5.75 Å². The van der Waals surface area contributed by atoms with Gasteiger partial charge in [0.1, 0.15) is 11.4 Å². The third-order valence-electron chi connectivity index (χ3n) is 4.70. The lowest BCUT2D eigenvalue weighted by atomic mass is 10.2. The van der Waals surface area contributed by atoms with Crippen molar-refractivity contribution in [2.24, 2.45) is 0 Å².